The van der Waals surface area contributed by atoms with Crippen LogP contribution in [-0.2, 0) is 6.18 Å². The summed E-state index contributed by atoms with van der Waals surface area (Å²) in [6, 6.07) is 8.87. The molecule has 2 rings (SSSR count). The summed E-state index contributed by atoms with van der Waals surface area (Å²) in [7, 11) is 0. The van der Waals surface area contributed by atoms with E-state index in [-0.39, 0.29) is 22.3 Å². The lowest BCUT2D eigenvalue weighted by Crippen LogP contribution is -2.04. The molecule has 0 saturated heterocycles. The number of benzene rings is 2. The second kappa shape index (κ2) is 6.35. The lowest BCUT2D eigenvalue weighted by molar-refractivity contribution is -0.137. The van der Waals surface area contributed by atoms with Crippen molar-refractivity contribution in [2.24, 2.45) is 0 Å². The molecule has 7 heteroatoms. The third-order valence-electron chi connectivity index (χ3n) is 3.21. The van der Waals surface area contributed by atoms with Crippen LogP contribution in [0.25, 0.3) is 12.2 Å². The first-order valence-electron chi connectivity index (χ1n) is 6.52. The molecule has 4 nitrogen and oxygen atoms in total. The van der Waals surface area contributed by atoms with Gasteiger partial charge in [0.1, 0.15) is 11.6 Å². The van der Waals surface area contributed by atoms with Crippen molar-refractivity contribution in [2.45, 2.75) is 6.18 Å². The lowest BCUT2D eigenvalue weighted by Gasteiger charge is -2.08. The van der Waals surface area contributed by atoms with Crippen LogP contribution in [0.1, 0.15) is 27.8 Å². The molecule has 0 atom stereocenters. The van der Waals surface area contributed by atoms with Crippen LogP contribution in [0.4, 0.5) is 13.2 Å². The number of phenolic OH excluding ortho intramolecular Hbond substituents is 2. The molecule has 0 radical (unpaired) electrons. The minimum absolute atomic E-state index is 0.00714. The molecule has 0 amide bonds. The van der Waals surface area contributed by atoms with E-state index in [0.717, 1.165) is 18.2 Å². The van der Waals surface area contributed by atoms with Gasteiger partial charge in [-0.1, -0.05) is 24.3 Å². The Bertz CT molecular complexity index is 904. The predicted molar refractivity (Wildman–Crippen MR) is 79.6 cm³/mol. The van der Waals surface area contributed by atoms with E-state index in [4.69, 9.17) is 10.5 Å². The molecule has 2 aromatic rings. The fraction of sp³-hybridized carbons (Fsp3) is 0.0588. The maximum atomic E-state index is 12.7. The second-order valence-corrected chi connectivity index (χ2v) is 4.76. The Balaban J connectivity index is 2.53. The van der Waals surface area contributed by atoms with E-state index >= 15 is 0 Å². The predicted octanol–water partition coefficient (Wildman–Crippen LogP) is 4.03. The van der Waals surface area contributed by atoms with Gasteiger partial charge in [0.05, 0.1) is 17.2 Å². The highest BCUT2D eigenvalue weighted by Crippen LogP contribution is 2.35. The van der Waals surface area contributed by atoms with Crippen LogP contribution in [0.2, 0.25) is 0 Å². The SMILES string of the molecule is N#Cc1cc(O)c(O)c(C#N)c1C=Cc1cccc(C(F)(F)F)c1. The average Bonchev–Trinajstić information content (AvgIpc) is 2.55. The van der Waals surface area contributed by atoms with Crippen LogP contribution >= 0.6 is 0 Å². The molecule has 2 aromatic carbocycles. The maximum Gasteiger partial charge on any atom is 0.416 e. The number of rotatable bonds is 2. The van der Waals surface area contributed by atoms with Crippen molar-refractivity contribution < 1.29 is 23.4 Å². The highest BCUT2D eigenvalue weighted by atomic mass is 19.4. The average molecular weight is 330 g/mol. The van der Waals surface area contributed by atoms with Gasteiger partial charge in [-0.15, -0.1) is 0 Å². The van der Waals surface area contributed by atoms with E-state index < -0.39 is 23.2 Å². The first-order chi connectivity index (χ1) is 11.3. The van der Waals surface area contributed by atoms with Gasteiger partial charge in [-0.3, -0.25) is 0 Å². The molecule has 120 valence electrons. The van der Waals surface area contributed by atoms with Crippen molar-refractivity contribution in [3.8, 4) is 23.6 Å². The van der Waals surface area contributed by atoms with Crippen LogP contribution in [0.3, 0.4) is 0 Å². The Morgan fingerprint density at radius 3 is 2.29 bits per heavy atom. The maximum absolute atomic E-state index is 12.7. The second-order valence-electron chi connectivity index (χ2n) is 4.76. The Labute approximate surface area is 134 Å². The molecule has 0 aliphatic rings. The standard InChI is InChI=1S/C17H9F3N2O2/c18-17(19,20)12-3-1-2-10(6-12)4-5-13-11(8-21)7-15(23)16(24)14(13)9-22/h1-7,23-24H. The zero-order valence-corrected chi connectivity index (χ0v) is 12.0. The molecule has 0 spiro atoms. The van der Waals surface area contributed by atoms with Crippen LogP contribution in [0, 0.1) is 22.7 Å². The van der Waals surface area contributed by atoms with Gasteiger partial charge in [0.2, 0.25) is 0 Å². The quantitative estimate of drug-likeness (QED) is 0.643. The van der Waals surface area contributed by atoms with E-state index in [1.54, 1.807) is 12.1 Å². The van der Waals surface area contributed by atoms with E-state index in [0.29, 0.717) is 0 Å². The third kappa shape index (κ3) is 3.31. The molecule has 0 heterocycles. The Morgan fingerprint density at radius 1 is 1.00 bits per heavy atom. The van der Waals surface area contributed by atoms with Gasteiger partial charge in [-0.25, -0.2) is 0 Å². The summed E-state index contributed by atoms with van der Waals surface area (Å²) in [5, 5.41) is 37.3. The lowest BCUT2D eigenvalue weighted by atomic mass is 9.99. The molecule has 24 heavy (non-hydrogen) atoms. The summed E-state index contributed by atoms with van der Waals surface area (Å²) in [4.78, 5) is 0. The summed E-state index contributed by atoms with van der Waals surface area (Å²) in [5.41, 5.74) is -1.06. The molecule has 0 aliphatic heterocycles. The van der Waals surface area contributed by atoms with Crippen molar-refractivity contribution in [2.75, 3.05) is 0 Å². The van der Waals surface area contributed by atoms with E-state index in [1.165, 1.54) is 24.3 Å². The topological polar surface area (TPSA) is 88.0 Å². The van der Waals surface area contributed by atoms with Gasteiger partial charge in [0.15, 0.2) is 11.5 Å². The van der Waals surface area contributed by atoms with Crippen molar-refractivity contribution in [1.29, 1.82) is 10.5 Å². The van der Waals surface area contributed by atoms with Crippen LogP contribution in [0.5, 0.6) is 11.5 Å². The summed E-state index contributed by atoms with van der Waals surface area (Å²) in [6.07, 6.45) is -1.97. The number of hydrogen-bond acceptors (Lipinski definition) is 4. The van der Waals surface area contributed by atoms with Crippen molar-refractivity contribution >= 4 is 12.2 Å². The summed E-state index contributed by atoms with van der Waals surface area (Å²) < 4.78 is 38.1. The van der Waals surface area contributed by atoms with Gasteiger partial charge in [-0.05, 0) is 17.7 Å². The molecule has 0 aliphatic carbocycles. The number of aromatic hydroxyl groups is 2. The van der Waals surface area contributed by atoms with Gasteiger partial charge in [-0.2, -0.15) is 23.7 Å². The van der Waals surface area contributed by atoms with E-state index in [9.17, 15) is 23.4 Å². The molecular weight excluding hydrogens is 321 g/mol. The fourth-order valence-electron chi connectivity index (χ4n) is 2.05. The third-order valence-corrected chi connectivity index (χ3v) is 3.21. The fourth-order valence-corrected chi connectivity index (χ4v) is 2.05. The molecule has 0 unspecified atom stereocenters. The number of halogens is 3. The Morgan fingerprint density at radius 2 is 1.71 bits per heavy atom. The number of nitriles is 2. The van der Waals surface area contributed by atoms with E-state index in [1.807, 2.05) is 0 Å². The molecule has 0 fully saturated rings. The molecule has 2 N–H and O–H groups in total. The van der Waals surface area contributed by atoms with Crippen LogP contribution < -0.4 is 0 Å². The molecule has 0 bridgehead atoms. The molecular formula is C17H9F3N2O2. The van der Waals surface area contributed by atoms with Crippen molar-refractivity contribution in [3.63, 3.8) is 0 Å². The van der Waals surface area contributed by atoms with Gasteiger partial charge >= 0.3 is 6.18 Å². The van der Waals surface area contributed by atoms with Gasteiger partial charge < -0.3 is 10.2 Å². The first kappa shape index (κ1) is 16.9. The Hall–Kier alpha value is -3.45. The van der Waals surface area contributed by atoms with E-state index in [2.05, 4.69) is 0 Å². The smallest absolute Gasteiger partial charge is 0.416 e. The molecule has 0 saturated carbocycles. The number of hydrogen-bond donors (Lipinski definition) is 2. The zero-order chi connectivity index (χ0) is 17.9. The van der Waals surface area contributed by atoms with Crippen molar-refractivity contribution in [3.05, 3.63) is 58.1 Å². The monoisotopic (exact) mass is 330 g/mol. The van der Waals surface area contributed by atoms with Gasteiger partial charge in [0.25, 0.3) is 0 Å². The highest BCUT2D eigenvalue weighted by molar-refractivity contribution is 5.79. The summed E-state index contributed by atoms with van der Waals surface area (Å²) in [5.74, 6) is -1.32. The largest absolute Gasteiger partial charge is 0.504 e. The van der Waals surface area contributed by atoms with Crippen molar-refractivity contribution in [1.82, 2.24) is 0 Å². The number of alkyl halides is 3. The Kier molecular flexibility index (Phi) is 4.47. The zero-order valence-electron chi connectivity index (χ0n) is 12.0. The highest BCUT2D eigenvalue weighted by Gasteiger charge is 2.30. The summed E-state index contributed by atoms with van der Waals surface area (Å²) >= 11 is 0. The number of phenols is 2. The molecule has 0 aromatic heterocycles. The van der Waals surface area contributed by atoms with Gasteiger partial charge in [0, 0.05) is 11.6 Å². The van der Waals surface area contributed by atoms with Crippen LogP contribution in [0.15, 0.2) is 30.3 Å². The number of nitrogens with zero attached hydrogens (tertiary/aromatic N) is 2. The normalized spacial score (nSPS) is 11.2. The minimum atomic E-state index is -4.49. The first-order valence-corrected chi connectivity index (χ1v) is 6.52. The van der Waals surface area contributed by atoms with Crippen LogP contribution in [-0.4, -0.2) is 10.2 Å². The summed E-state index contributed by atoms with van der Waals surface area (Å²) in [6.45, 7) is 0. The minimum Gasteiger partial charge on any atom is -0.504 e.